The van der Waals surface area contributed by atoms with Gasteiger partial charge in [-0.3, -0.25) is 4.99 Å². The maximum absolute atomic E-state index is 11.4. The summed E-state index contributed by atoms with van der Waals surface area (Å²) < 4.78 is 4.94. The third kappa shape index (κ3) is 3.29. The summed E-state index contributed by atoms with van der Waals surface area (Å²) >= 11 is 0. The molecule has 1 heterocycles. The Kier molecular flexibility index (Phi) is 3.92. The topological polar surface area (TPSA) is 38.7 Å². The molecule has 0 bridgehead atoms. The lowest BCUT2D eigenvalue weighted by atomic mass is 10.1. The molecule has 0 saturated heterocycles. The number of hydrogen-bond donors (Lipinski definition) is 0. The van der Waals surface area contributed by atoms with Crippen molar-refractivity contribution in [2.24, 2.45) is 4.99 Å². The summed E-state index contributed by atoms with van der Waals surface area (Å²) in [7, 11) is 0. The monoisotopic (exact) mass is 243 g/mol. The van der Waals surface area contributed by atoms with E-state index in [0.717, 1.165) is 18.6 Å². The van der Waals surface area contributed by atoms with Crippen molar-refractivity contribution in [1.82, 2.24) is 0 Å². The average molecular weight is 243 g/mol. The SMILES string of the molecule is C=CCOC(=O)C1N=C1CCc1ccc(C)cc1. The maximum atomic E-state index is 11.4. The first kappa shape index (κ1) is 12.6. The van der Waals surface area contributed by atoms with Crippen molar-refractivity contribution in [3.63, 3.8) is 0 Å². The van der Waals surface area contributed by atoms with Crippen LogP contribution < -0.4 is 0 Å². The predicted molar refractivity (Wildman–Crippen MR) is 71.9 cm³/mol. The molecule has 3 nitrogen and oxygen atoms in total. The number of hydrogen-bond acceptors (Lipinski definition) is 3. The van der Waals surface area contributed by atoms with Crippen LogP contribution in [-0.2, 0) is 16.0 Å². The van der Waals surface area contributed by atoms with Crippen LogP contribution in [0.25, 0.3) is 0 Å². The van der Waals surface area contributed by atoms with Gasteiger partial charge in [-0.2, -0.15) is 0 Å². The molecule has 3 heteroatoms. The highest BCUT2D eigenvalue weighted by Gasteiger charge is 2.35. The van der Waals surface area contributed by atoms with Gasteiger partial charge in [0.15, 0.2) is 6.04 Å². The Morgan fingerprint density at radius 1 is 1.39 bits per heavy atom. The van der Waals surface area contributed by atoms with Crippen LogP contribution >= 0.6 is 0 Å². The molecule has 0 aliphatic carbocycles. The molecule has 0 saturated carbocycles. The summed E-state index contributed by atoms with van der Waals surface area (Å²) in [5, 5.41) is 0. The molecule has 0 fully saturated rings. The van der Waals surface area contributed by atoms with Crippen LogP contribution in [0.5, 0.6) is 0 Å². The van der Waals surface area contributed by atoms with E-state index in [1.54, 1.807) is 6.08 Å². The van der Waals surface area contributed by atoms with Crippen molar-refractivity contribution >= 4 is 11.7 Å². The molecule has 94 valence electrons. The first-order valence-electron chi connectivity index (χ1n) is 6.10. The Morgan fingerprint density at radius 3 is 2.78 bits per heavy atom. The van der Waals surface area contributed by atoms with Crippen molar-refractivity contribution in [3.05, 3.63) is 48.0 Å². The van der Waals surface area contributed by atoms with E-state index >= 15 is 0 Å². The van der Waals surface area contributed by atoms with E-state index < -0.39 is 0 Å². The van der Waals surface area contributed by atoms with Crippen molar-refractivity contribution in [2.45, 2.75) is 25.8 Å². The summed E-state index contributed by atoms with van der Waals surface area (Å²) in [6, 6.07) is 8.10. The summed E-state index contributed by atoms with van der Waals surface area (Å²) in [4.78, 5) is 15.6. The highest BCUT2D eigenvalue weighted by Crippen LogP contribution is 2.19. The van der Waals surface area contributed by atoms with Gasteiger partial charge < -0.3 is 4.74 Å². The molecule has 2 rings (SSSR count). The number of carbonyl (C=O) groups is 1. The van der Waals surface area contributed by atoms with Crippen molar-refractivity contribution < 1.29 is 9.53 Å². The second-order valence-electron chi connectivity index (χ2n) is 4.43. The fourth-order valence-corrected chi connectivity index (χ4v) is 1.77. The third-order valence-corrected chi connectivity index (χ3v) is 2.90. The minimum atomic E-state index is -0.324. The molecule has 1 atom stereocenters. The highest BCUT2D eigenvalue weighted by atomic mass is 16.5. The first-order valence-corrected chi connectivity index (χ1v) is 6.10. The number of aliphatic imine (C=N–C) groups is 1. The molecule has 0 amide bonds. The third-order valence-electron chi connectivity index (χ3n) is 2.90. The van der Waals surface area contributed by atoms with E-state index in [4.69, 9.17) is 4.74 Å². The molecule has 0 radical (unpaired) electrons. The van der Waals surface area contributed by atoms with Crippen molar-refractivity contribution in [1.29, 1.82) is 0 Å². The van der Waals surface area contributed by atoms with Gasteiger partial charge in [-0.15, -0.1) is 0 Å². The molecule has 0 N–H and O–H groups in total. The smallest absolute Gasteiger partial charge is 0.337 e. The van der Waals surface area contributed by atoms with E-state index in [0.29, 0.717) is 0 Å². The van der Waals surface area contributed by atoms with Gasteiger partial charge in [-0.05, 0) is 25.3 Å². The van der Waals surface area contributed by atoms with Crippen LogP contribution in [0.1, 0.15) is 17.5 Å². The Hall–Kier alpha value is -1.90. The zero-order valence-corrected chi connectivity index (χ0v) is 10.6. The second-order valence-corrected chi connectivity index (χ2v) is 4.43. The molecule has 0 spiro atoms. The molecule has 1 aromatic carbocycles. The van der Waals surface area contributed by atoms with E-state index in [-0.39, 0.29) is 18.6 Å². The van der Waals surface area contributed by atoms with Crippen molar-refractivity contribution in [3.8, 4) is 0 Å². The van der Waals surface area contributed by atoms with Crippen LogP contribution in [0.2, 0.25) is 0 Å². The van der Waals surface area contributed by atoms with E-state index in [2.05, 4.69) is 42.8 Å². The summed E-state index contributed by atoms with van der Waals surface area (Å²) in [5.41, 5.74) is 3.48. The average Bonchev–Trinajstić information content (AvgIpc) is 3.15. The molecule has 18 heavy (non-hydrogen) atoms. The van der Waals surface area contributed by atoms with Crippen LogP contribution in [0, 0.1) is 6.92 Å². The van der Waals surface area contributed by atoms with Gasteiger partial charge in [-0.1, -0.05) is 42.5 Å². The molecule has 1 aliphatic rings. The van der Waals surface area contributed by atoms with Crippen molar-refractivity contribution in [2.75, 3.05) is 6.61 Å². The predicted octanol–water partition coefficient (Wildman–Crippen LogP) is 2.48. The number of aryl methyl sites for hydroxylation is 2. The largest absolute Gasteiger partial charge is 0.460 e. The van der Waals surface area contributed by atoms with Gasteiger partial charge >= 0.3 is 5.97 Å². The molecular formula is C15H17NO2. The summed E-state index contributed by atoms with van der Waals surface area (Å²) in [5.74, 6) is -0.256. The van der Waals surface area contributed by atoms with E-state index in [1.165, 1.54) is 11.1 Å². The Balaban J connectivity index is 1.73. The van der Waals surface area contributed by atoms with Crippen LogP contribution in [-0.4, -0.2) is 24.3 Å². The number of nitrogens with zero attached hydrogens (tertiary/aromatic N) is 1. The lowest BCUT2D eigenvalue weighted by Gasteiger charge is -2.00. The quantitative estimate of drug-likeness (QED) is 0.568. The fraction of sp³-hybridized carbons (Fsp3) is 0.333. The van der Waals surface area contributed by atoms with Gasteiger partial charge in [-0.25, -0.2) is 4.79 Å². The highest BCUT2D eigenvalue weighted by molar-refractivity contribution is 6.16. The van der Waals surface area contributed by atoms with Gasteiger partial charge in [0.2, 0.25) is 0 Å². The second kappa shape index (κ2) is 5.63. The van der Waals surface area contributed by atoms with Crippen LogP contribution in [0.3, 0.4) is 0 Å². The standard InChI is InChI=1S/C15H17NO2/c1-3-10-18-15(17)14-13(16-14)9-8-12-6-4-11(2)5-7-12/h3-7,14H,1,8-10H2,2H3. The zero-order valence-electron chi connectivity index (χ0n) is 10.6. The number of rotatable bonds is 6. The molecule has 1 unspecified atom stereocenters. The zero-order chi connectivity index (χ0) is 13.0. The lowest BCUT2D eigenvalue weighted by Crippen LogP contribution is -2.16. The van der Waals surface area contributed by atoms with Crippen LogP contribution in [0.4, 0.5) is 0 Å². The van der Waals surface area contributed by atoms with Gasteiger partial charge in [0, 0.05) is 0 Å². The van der Waals surface area contributed by atoms with Gasteiger partial charge in [0.1, 0.15) is 6.61 Å². The number of ether oxygens (including phenoxy) is 1. The Morgan fingerprint density at radius 2 is 2.11 bits per heavy atom. The minimum Gasteiger partial charge on any atom is -0.460 e. The van der Waals surface area contributed by atoms with E-state index in [9.17, 15) is 4.79 Å². The van der Waals surface area contributed by atoms with Gasteiger partial charge in [0.05, 0.1) is 5.71 Å². The minimum absolute atomic E-state index is 0.256. The molecule has 0 aromatic heterocycles. The summed E-state index contributed by atoms with van der Waals surface area (Å²) in [6.07, 6.45) is 3.31. The number of carbonyl (C=O) groups excluding carboxylic acids is 1. The Bertz CT molecular complexity index is 474. The maximum Gasteiger partial charge on any atom is 0.337 e. The first-order chi connectivity index (χ1) is 8.70. The molecular weight excluding hydrogens is 226 g/mol. The van der Waals surface area contributed by atoms with Gasteiger partial charge in [0.25, 0.3) is 0 Å². The summed E-state index contributed by atoms with van der Waals surface area (Å²) in [6.45, 7) is 5.83. The fourth-order valence-electron chi connectivity index (χ4n) is 1.77. The molecule has 1 aliphatic heterocycles. The lowest BCUT2D eigenvalue weighted by molar-refractivity contribution is -0.141. The normalized spacial score (nSPS) is 16.9. The number of esters is 1. The van der Waals surface area contributed by atoms with E-state index in [1.807, 2.05) is 0 Å². The Labute approximate surface area is 107 Å². The number of benzene rings is 1. The molecule has 1 aromatic rings. The van der Waals surface area contributed by atoms with Crippen LogP contribution in [0.15, 0.2) is 41.9 Å².